The van der Waals surface area contributed by atoms with Crippen LogP contribution in [0.25, 0.3) is 0 Å². The Labute approximate surface area is 110 Å². The number of nitrogens with zero attached hydrogens (tertiary/aromatic N) is 1. The minimum Gasteiger partial charge on any atom is -0.493 e. The molecule has 0 saturated carbocycles. The molecular formula is C15H24N2O. The molecule has 0 aromatic heterocycles. The number of nitrogens with one attached hydrogen (secondary N) is 1. The van der Waals surface area contributed by atoms with Crippen molar-refractivity contribution in [1.82, 2.24) is 10.2 Å². The molecule has 0 spiro atoms. The number of benzene rings is 1. The standard InChI is InChI=1S/C15H24N2O/c1-15(2,16-3)14(17(4)5)12-6-7-13-11(10-12)8-9-18-13/h6-7,10,14,16H,8-9H2,1-5H3. The van der Waals surface area contributed by atoms with Gasteiger partial charge in [0.2, 0.25) is 0 Å². The highest BCUT2D eigenvalue weighted by Crippen LogP contribution is 2.34. The Morgan fingerprint density at radius 3 is 2.67 bits per heavy atom. The molecule has 18 heavy (non-hydrogen) atoms. The molecule has 1 unspecified atom stereocenters. The zero-order valence-electron chi connectivity index (χ0n) is 12.1. The van der Waals surface area contributed by atoms with E-state index in [9.17, 15) is 0 Å². The molecule has 3 nitrogen and oxygen atoms in total. The third-order valence-electron chi connectivity index (χ3n) is 3.87. The number of ether oxygens (including phenoxy) is 1. The van der Waals surface area contributed by atoms with E-state index < -0.39 is 0 Å². The number of fused-ring (bicyclic) bond motifs is 1. The fraction of sp³-hybridized carbons (Fsp3) is 0.600. The van der Waals surface area contributed by atoms with Gasteiger partial charge < -0.3 is 15.0 Å². The van der Waals surface area contributed by atoms with Crippen molar-refractivity contribution >= 4 is 0 Å². The van der Waals surface area contributed by atoms with E-state index in [-0.39, 0.29) is 5.54 Å². The minimum absolute atomic E-state index is 0.0250. The SMILES string of the molecule is CNC(C)(C)C(c1ccc2c(c1)CCO2)N(C)C. The van der Waals surface area contributed by atoms with Crippen molar-refractivity contribution in [3.63, 3.8) is 0 Å². The highest BCUT2D eigenvalue weighted by molar-refractivity contribution is 5.41. The fourth-order valence-corrected chi connectivity index (χ4v) is 2.87. The summed E-state index contributed by atoms with van der Waals surface area (Å²) in [6.45, 7) is 5.30. The lowest BCUT2D eigenvalue weighted by Gasteiger charge is -2.39. The average Bonchev–Trinajstić information content (AvgIpc) is 2.75. The normalized spacial score (nSPS) is 16.6. The largest absolute Gasteiger partial charge is 0.493 e. The molecule has 0 amide bonds. The Bertz CT molecular complexity index is 427. The van der Waals surface area contributed by atoms with Crippen LogP contribution >= 0.6 is 0 Å². The van der Waals surface area contributed by atoms with Gasteiger partial charge in [0.25, 0.3) is 0 Å². The van der Waals surface area contributed by atoms with Gasteiger partial charge in [-0.25, -0.2) is 0 Å². The average molecular weight is 248 g/mol. The molecule has 0 aliphatic carbocycles. The molecule has 0 saturated heterocycles. The summed E-state index contributed by atoms with van der Waals surface area (Å²) in [6, 6.07) is 6.94. The first kappa shape index (κ1) is 13.4. The molecule has 100 valence electrons. The van der Waals surface area contributed by atoms with Crippen LogP contribution in [0.3, 0.4) is 0 Å². The van der Waals surface area contributed by atoms with Gasteiger partial charge in [-0.15, -0.1) is 0 Å². The first-order valence-corrected chi connectivity index (χ1v) is 6.56. The first-order chi connectivity index (χ1) is 8.45. The topological polar surface area (TPSA) is 24.5 Å². The predicted molar refractivity (Wildman–Crippen MR) is 75.2 cm³/mol. The fourth-order valence-electron chi connectivity index (χ4n) is 2.87. The van der Waals surface area contributed by atoms with E-state index >= 15 is 0 Å². The van der Waals surface area contributed by atoms with Gasteiger partial charge in [0, 0.05) is 12.0 Å². The van der Waals surface area contributed by atoms with Crippen LogP contribution in [0, 0.1) is 0 Å². The highest BCUT2D eigenvalue weighted by atomic mass is 16.5. The minimum atomic E-state index is 0.0250. The molecule has 1 aliphatic heterocycles. The van der Waals surface area contributed by atoms with Gasteiger partial charge in [-0.05, 0) is 52.2 Å². The van der Waals surface area contributed by atoms with Gasteiger partial charge in [0.05, 0.1) is 12.6 Å². The second kappa shape index (κ2) is 4.90. The van der Waals surface area contributed by atoms with E-state index in [1.54, 1.807) is 0 Å². The van der Waals surface area contributed by atoms with E-state index in [4.69, 9.17) is 4.74 Å². The molecule has 1 aliphatic rings. The van der Waals surface area contributed by atoms with Crippen molar-refractivity contribution in [2.45, 2.75) is 31.8 Å². The van der Waals surface area contributed by atoms with Gasteiger partial charge in [0.1, 0.15) is 5.75 Å². The Hall–Kier alpha value is -1.06. The maximum absolute atomic E-state index is 5.58. The second-order valence-electron chi connectivity index (χ2n) is 5.80. The van der Waals surface area contributed by atoms with E-state index in [1.165, 1.54) is 11.1 Å². The van der Waals surface area contributed by atoms with Crippen LogP contribution in [0.4, 0.5) is 0 Å². The second-order valence-corrected chi connectivity index (χ2v) is 5.80. The van der Waals surface area contributed by atoms with Crippen LogP contribution in [-0.4, -0.2) is 38.2 Å². The monoisotopic (exact) mass is 248 g/mol. The Morgan fingerprint density at radius 1 is 1.33 bits per heavy atom. The molecule has 0 radical (unpaired) electrons. The van der Waals surface area contributed by atoms with Crippen LogP contribution in [0.15, 0.2) is 18.2 Å². The molecule has 2 rings (SSSR count). The van der Waals surface area contributed by atoms with Gasteiger partial charge in [0.15, 0.2) is 0 Å². The summed E-state index contributed by atoms with van der Waals surface area (Å²) in [7, 11) is 6.29. The Balaban J connectivity index is 2.37. The number of hydrogen-bond acceptors (Lipinski definition) is 3. The zero-order valence-corrected chi connectivity index (χ0v) is 12.1. The molecule has 1 aromatic rings. The van der Waals surface area contributed by atoms with Crippen LogP contribution in [0.1, 0.15) is 31.0 Å². The van der Waals surface area contributed by atoms with E-state index in [1.807, 2.05) is 7.05 Å². The summed E-state index contributed by atoms with van der Waals surface area (Å²) in [5.74, 6) is 1.05. The summed E-state index contributed by atoms with van der Waals surface area (Å²) in [6.07, 6.45) is 1.03. The van der Waals surface area contributed by atoms with Crippen molar-refractivity contribution in [2.24, 2.45) is 0 Å². The molecule has 0 fully saturated rings. The van der Waals surface area contributed by atoms with Gasteiger partial charge in [-0.3, -0.25) is 0 Å². The van der Waals surface area contributed by atoms with Crippen molar-refractivity contribution in [3.8, 4) is 5.75 Å². The summed E-state index contributed by atoms with van der Waals surface area (Å²) in [4.78, 5) is 2.27. The molecule has 1 N–H and O–H groups in total. The van der Waals surface area contributed by atoms with Crippen molar-refractivity contribution in [3.05, 3.63) is 29.3 Å². The maximum Gasteiger partial charge on any atom is 0.122 e. The molecule has 1 atom stereocenters. The third-order valence-corrected chi connectivity index (χ3v) is 3.87. The van der Waals surface area contributed by atoms with Crippen LogP contribution in [0.2, 0.25) is 0 Å². The van der Waals surface area contributed by atoms with E-state index in [0.717, 1.165) is 18.8 Å². The number of hydrogen-bond donors (Lipinski definition) is 1. The lowest BCUT2D eigenvalue weighted by atomic mass is 9.87. The van der Waals surface area contributed by atoms with E-state index in [2.05, 4.69) is 56.4 Å². The first-order valence-electron chi connectivity index (χ1n) is 6.56. The Morgan fingerprint density at radius 2 is 2.06 bits per heavy atom. The maximum atomic E-state index is 5.58. The number of likely N-dealkylation sites (N-methyl/N-ethyl adjacent to an activating group) is 2. The summed E-state index contributed by atoms with van der Waals surface area (Å²) < 4.78 is 5.58. The van der Waals surface area contributed by atoms with Crippen molar-refractivity contribution < 1.29 is 4.74 Å². The predicted octanol–water partition coefficient (Wildman–Crippen LogP) is 2.22. The smallest absolute Gasteiger partial charge is 0.122 e. The third kappa shape index (κ3) is 2.38. The zero-order chi connectivity index (χ0) is 13.3. The Kier molecular flexibility index (Phi) is 3.64. The summed E-state index contributed by atoms with van der Waals surface area (Å²) in [5, 5.41) is 3.42. The lowest BCUT2D eigenvalue weighted by Crippen LogP contribution is -2.48. The van der Waals surface area contributed by atoms with E-state index in [0.29, 0.717) is 6.04 Å². The molecular weight excluding hydrogens is 224 g/mol. The molecule has 1 aromatic carbocycles. The lowest BCUT2D eigenvalue weighted by molar-refractivity contribution is 0.177. The molecule has 3 heteroatoms. The molecule has 0 bridgehead atoms. The quantitative estimate of drug-likeness (QED) is 0.884. The molecule has 1 heterocycles. The highest BCUT2D eigenvalue weighted by Gasteiger charge is 2.31. The van der Waals surface area contributed by atoms with Crippen molar-refractivity contribution in [2.75, 3.05) is 27.7 Å². The van der Waals surface area contributed by atoms with Crippen molar-refractivity contribution in [1.29, 1.82) is 0 Å². The van der Waals surface area contributed by atoms with Gasteiger partial charge >= 0.3 is 0 Å². The summed E-state index contributed by atoms with van der Waals surface area (Å²) in [5.41, 5.74) is 2.71. The van der Waals surface area contributed by atoms with Crippen LogP contribution < -0.4 is 10.1 Å². The van der Waals surface area contributed by atoms with Gasteiger partial charge in [-0.1, -0.05) is 12.1 Å². The number of rotatable bonds is 4. The van der Waals surface area contributed by atoms with Crippen LogP contribution in [0.5, 0.6) is 5.75 Å². The summed E-state index contributed by atoms with van der Waals surface area (Å²) >= 11 is 0. The van der Waals surface area contributed by atoms with Gasteiger partial charge in [-0.2, -0.15) is 0 Å². The van der Waals surface area contributed by atoms with Crippen LogP contribution in [-0.2, 0) is 6.42 Å².